The highest BCUT2D eigenvalue weighted by molar-refractivity contribution is 6.06. The van der Waals surface area contributed by atoms with Gasteiger partial charge in [0, 0.05) is 18.5 Å². The molecule has 7 nitrogen and oxygen atoms in total. The molecule has 0 bridgehead atoms. The minimum atomic E-state index is -1.25. The van der Waals surface area contributed by atoms with Crippen LogP contribution in [0.1, 0.15) is 37.7 Å². The van der Waals surface area contributed by atoms with Crippen LogP contribution in [0, 0.1) is 0 Å². The summed E-state index contributed by atoms with van der Waals surface area (Å²) in [4.78, 5) is 25.5. The van der Waals surface area contributed by atoms with Gasteiger partial charge >= 0.3 is 0 Å². The molecule has 7 heteroatoms. The highest BCUT2D eigenvalue weighted by Gasteiger charge is 2.55. The molecule has 1 aromatic rings. The maximum Gasteiger partial charge on any atom is 0.292 e. The number of nitrogens with zero attached hydrogens (tertiary/aromatic N) is 1. The summed E-state index contributed by atoms with van der Waals surface area (Å²) in [6.45, 7) is 1.43. The highest BCUT2D eigenvalue weighted by Crippen LogP contribution is 2.45. The topological polar surface area (TPSA) is 88.1 Å². The zero-order chi connectivity index (χ0) is 17.0. The first-order valence-corrected chi connectivity index (χ1v) is 8.31. The predicted molar refractivity (Wildman–Crippen MR) is 85.4 cm³/mol. The average molecular weight is 334 g/mol. The number of nitrogens with one attached hydrogen (secondary N) is 1. The van der Waals surface area contributed by atoms with Crippen molar-refractivity contribution in [1.82, 2.24) is 5.48 Å². The third-order valence-corrected chi connectivity index (χ3v) is 4.43. The summed E-state index contributed by atoms with van der Waals surface area (Å²) in [6.07, 6.45) is 3.63. The number of unbranched alkanes of at least 4 members (excludes halogenated alkanes) is 3. The quantitative estimate of drug-likeness (QED) is 0.450. The first-order valence-electron chi connectivity index (χ1n) is 8.31. The molecule has 2 heterocycles. The lowest BCUT2D eigenvalue weighted by atomic mass is 10.1. The second-order valence-corrected chi connectivity index (χ2v) is 5.99. The maximum absolute atomic E-state index is 12.8. The van der Waals surface area contributed by atoms with Gasteiger partial charge in [0.2, 0.25) is 5.91 Å². The van der Waals surface area contributed by atoms with Gasteiger partial charge in [0.1, 0.15) is 0 Å². The fraction of sp³-hybridized carbons (Fsp3) is 0.529. The largest absolute Gasteiger partial charge is 0.336 e. The molecule has 130 valence electrons. The Balaban J connectivity index is 1.57. The number of amides is 2. The SMILES string of the molecule is O=C(CCCCCCN1C(=O)C2(OCCO2)c2ccccc21)NO. The van der Waals surface area contributed by atoms with Crippen LogP contribution in [0.15, 0.2) is 24.3 Å². The van der Waals surface area contributed by atoms with Crippen LogP contribution in [0.3, 0.4) is 0 Å². The second kappa shape index (κ2) is 7.29. The number of hydroxylamine groups is 1. The van der Waals surface area contributed by atoms with Crippen LogP contribution in [-0.2, 0) is 24.8 Å². The molecule has 0 atom stereocenters. The summed E-state index contributed by atoms with van der Waals surface area (Å²) in [5, 5.41) is 8.44. The van der Waals surface area contributed by atoms with E-state index in [1.54, 1.807) is 10.4 Å². The molecule has 0 saturated carbocycles. The molecule has 2 N–H and O–H groups in total. The maximum atomic E-state index is 12.8. The second-order valence-electron chi connectivity index (χ2n) is 5.99. The molecular formula is C17H22N2O5. The van der Waals surface area contributed by atoms with Crippen LogP contribution in [0.25, 0.3) is 0 Å². The molecule has 0 aliphatic carbocycles. The van der Waals surface area contributed by atoms with Crippen molar-refractivity contribution >= 4 is 17.5 Å². The van der Waals surface area contributed by atoms with Crippen LogP contribution < -0.4 is 10.4 Å². The van der Waals surface area contributed by atoms with Crippen molar-refractivity contribution in [3.05, 3.63) is 29.8 Å². The highest BCUT2D eigenvalue weighted by atomic mass is 16.7. The number of hydrogen-bond donors (Lipinski definition) is 2. The first kappa shape index (κ1) is 16.9. The summed E-state index contributed by atoms with van der Waals surface area (Å²) >= 11 is 0. The molecular weight excluding hydrogens is 312 g/mol. The van der Waals surface area contributed by atoms with Gasteiger partial charge in [-0.1, -0.05) is 31.0 Å². The molecule has 0 radical (unpaired) electrons. The molecule has 1 saturated heterocycles. The summed E-state index contributed by atoms with van der Waals surface area (Å²) in [7, 11) is 0. The smallest absolute Gasteiger partial charge is 0.292 e. The van der Waals surface area contributed by atoms with E-state index in [1.165, 1.54) is 0 Å². The van der Waals surface area contributed by atoms with E-state index in [2.05, 4.69) is 0 Å². The molecule has 3 rings (SSSR count). The third-order valence-electron chi connectivity index (χ3n) is 4.43. The minimum absolute atomic E-state index is 0.152. The van der Waals surface area contributed by atoms with E-state index in [0.29, 0.717) is 32.6 Å². The standard InChI is InChI=1S/C17H22N2O5/c20-15(18-22)9-3-1-2-6-10-19-14-8-5-4-7-13(14)17(16(19)21)23-11-12-24-17/h4-5,7-8,22H,1-3,6,9-12H2,(H,18,20). The molecule has 2 aliphatic rings. The molecule has 24 heavy (non-hydrogen) atoms. The van der Waals surface area contributed by atoms with Gasteiger partial charge in [0.25, 0.3) is 11.7 Å². The lowest BCUT2D eigenvalue weighted by molar-refractivity contribution is -0.180. The average Bonchev–Trinajstić information content (AvgIpc) is 3.18. The summed E-state index contributed by atoms with van der Waals surface area (Å²) in [6, 6.07) is 7.58. The minimum Gasteiger partial charge on any atom is -0.336 e. The first-order chi connectivity index (χ1) is 11.7. The lowest BCUT2D eigenvalue weighted by Crippen LogP contribution is -2.41. The van der Waals surface area contributed by atoms with Crippen LogP contribution in [-0.4, -0.2) is 36.8 Å². The Morgan fingerprint density at radius 3 is 2.62 bits per heavy atom. The van der Waals surface area contributed by atoms with Crippen LogP contribution in [0.4, 0.5) is 5.69 Å². The Hall–Kier alpha value is -1.96. The van der Waals surface area contributed by atoms with Crippen molar-refractivity contribution in [3.63, 3.8) is 0 Å². The van der Waals surface area contributed by atoms with E-state index in [-0.39, 0.29) is 11.8 Å². The van der Waals surface area contributed by atoms with Gasteiger partial charge < -0.3 is 14.4 Å². The van der Waals surface area contributed by atoms with Gasteiger partial charge in [0.05, 0.1) is 18.9 Å². The van der Waals surface area contributed by atoms with Gasteiger partial charge in [-0.3, -0.25) is 14.8 Å². The summed E-state index contributed by atoms with van der Waals surface area (Å²) in [5.74, 6) is -1.77. The molecule has 1 aromatic carbocycles. The van der Waals surface area contributed by atoms with Gasteiger partial charge in [-0.05, 0) is 18.9 Å². The van der Waals surface area contributed by atoms with Crippen molar-refractivity contribution in [2.24, 2.45) is 0 Å². The number of carbonyl (C=O) groups is 2. The Morgan fingerprint density at radius 2 is 1.88 bits per heavy atom. The number of rotatable bonds is 7. The molecule has 0 aromatic heterocycles. The number of hydrogen-bond acceptors (Lipinski definition) is 5. The molecule has 2 aliphatic heterocycles. The number of benzene rings is 1. The summed E-state index contributed by atoms with van der Waals surface area (Å²) < 4.78 is 11.3. The van der Waals surface area contributed by atoms with Crippen molar-refractivity contribution in [2.45, 2.75) is 37.9 Å². The van der Waals surface area contributed by atoms with E-state index in [0.717, 1.165) is 30.5 Å². The van der Waals surface area contributed by atoms with E-state index in [4.69, 9.17) is 14.7 Å². The van der Waals surface area contributed by atoms with Crippen LogP contribution >= 0.6 is 0 Å². The molecule has 1 fully saturated rings. The van der Waals surface area contributed by atoms with Crippen molar-refractivity contribution in [3.8, 4) is 0 Å². The Kier molecular flexibility index (Phi) is 5.13. The Morgan fingerprint density at radius 1 is 1.17 bits per heavy atom. The van der Waals surface area contributed by atoms with Crippen LogP contribution in [0.2, 0.25) is 0 Å². The fourth-order valence-corrected chi connectivity index (χ4v) is 3.27. The summed E-state index contributed by atoms with van der Waals surface area (Å²) in [5.41, 5.74) is 3.26. The monoisotopic (exact) mass is 334 g/mol. The van der Waals surface area contributed by atoms with E-state index < -0.39 is 5.79 Å². The lowest BCUT2D eigenvalue weighted by Gasteiger charge is -2.22. The fourth-order valence-electron chi connectivity index (χ4n) is 3.27. The van der Waals surface area contributed by atoms with Crippen molar-refractivity contribution < 1.29 is 24.3 Å². The van der Waals surface area contributed by atoms with Gasteiger partial charge in [-0.2, -0.15) is 0 Å². The van der Waals surface area contributed by atoms with Gasteiger partial charge in [-0.15, -0.1) is 0 Å². The van der Waals surface area contributed by atoms with Crippen molar-refractivity contribution in [2.75, 3.05) is 24.7 Å². The van der Waals surface area contributed by atoms with Crippen molar-refractivity contribution in [1.29, 1.82) is 0 Å². The molecule has 2 amide bonds. The Labute approximate surface area is 140 Å². The number of carbonyl (C=O) groups excluding carboxylic acids is 2. The van der Waals surface area contributed by atoms with Gasteiger partial charge in [0.15, 0.2) is 0 Å². The van der Waals surface area contributed by atoms with E-state index >= 15 is 0 Å². The normalized spacial score (nSPS) is 18.2. The predicted octanol–water partition coefficient (Wildman–Crippen LogP) is 1.69. The molecule has 1 spiro atoms. The van der Waals surface area contributed by atoms with Gasteiger partial charge in [-0.25, -0.2) is 5.48 Å². The number of fused-ring (bicyclic) bond motifs is 2. The van der Waals surface area contributed by atoms with E-state index in [9.17, 15) is 9.59 Å². The third kappa shape index (κ3) is 3.02. The van der Waals surface area contributed by atoms with E-state index in [1.807, 2.05) is 24.3 Å². The number of para-hydroxylation sites is 1. The zero-order valence-electron chi connectivity index (χ0n) is 13.5. The number of ether oxygens (including phenoxy) is 2. The molecule has 0 unspecified atom stereocenters. The number of anilines is 1. The zero-order valence-corrected chi connectivity index (χ0v) is 13.5. The van der Waals surface area contributed by atoms with Crippen LogP contribution in [0.5, 0.6) is 0 Å². The Bertz CT molecular complexity index is 613.